The Hall–Kier alpha value is -1.35. The maximum absolute atomic E-state index is 10.9. The third-order valence-corrected chi connectivity index (χ3v) is 3.84. The lowest BCUT2D eigenvalue weighted by molar-refractivity contribution is -0.138. The van der Waals surface area contributed by atoms with Crippen LogP contribution in [0.25, 0.3) is 0 Å². The van der Waals surface area contributed by atoms with Crippen molar-refractivity contribution in [2.45, 2.75) is 44.6 Å². The molecule has 0 radical (unpaired) electrons. The molecule has 0 spiro atoms. The van der Waals surface area contributed by atoms with E-state index in [4.69, 9.17) is 9.84 Å². The van der Waals surface area contributed by atoms with Gasteiger partial charge in [0.15, 0.2) is 0 Å². The summed E-state index contributed by atoms with van der Waals surface area (Å²) in [5, 5.41) is 8.98. The Morgan fingerprint density at radius 2 is 2.06 bits per heavy atom. The van der Waals surface area contributed by atoms with Gasteiger partial charge in [-0.1, -0.05) is 24.3 Å². The first-order valence-electron chi connectivity index (χ1n) is 6.54. The molecule has 1 fully saturated rings. The number of carbonyl (C=O) groups is 1. The molecule has 0 amide bonds. The van der Waals surface area contributed by atoms with Crippen molar-refractivity contribution in [1.29, 1.82) is 0 Å². The van der Waals surface area contributed by atoms with Gasteiger partial charge in [0.05, 0.1) is 12.0 Å². The molecule has 1 aliphatic rings. The van der Waals surface area contributed by atoms with Gasteiger partial charge in [0.1, 0.15) is 0 Å². The van der Waals surface area contributed by atoms with Crippen molar-refractivity contribution < 1.29 is 14.6 Å². The number of carboxylic acids is 1. The summed E-state index contributed by atoms with van der Waals surface area (Å²) in [6.07, 6.45) is 2.50. The predicted molar refractivity (Wildman–Crippen MR) is 69.9 cm³/mol. The normalized spacial score (nSPS) is 25.7. The Labute approximate surface area is 108 Å². The monoisotopic (exact) mass is 248 g/mol. The highest BCUT2D eigenvalue weighted by Gasteiger charge is 2.23. The molecule has 3 unspecified atom stereocenters. The minimum Gasteiger partial charge on any atom is -0.481 e. The van der Waals surface area contributed by atoms with Gasteiger partial charge in [-0.15, -0.1) is 0 Å². The fourth-order valence-electron chi connectivity index (χ4n) is 2.54. The van der Waals surface area contributed by atoms with E-state index in [1.165, 1.54) is 5.56 Å². The van der Waals surface area contributed by atoms with E-state index in [1.54, 1.807) is 6.92 Å². The van der Waals surface area contributed by atoms with Crippen LogP contribution in [0.3, 0.4) is 0 Å². The lowest BCUT2D eigenvalue weighted by atomic mass is 9.87. The molecule has 0 saturated carbocycles. The van der Waals surface area contributed by atoms with Crippen LogP contribution in [0.1, 0.15) is 49.7 Å². The third-order valence-electron chi connectivity index (χ3n) is 3.84. The zero-order chi connectivity index (χ0) is 13.1. The topological polar surface area (TPSA) is 46.5 Å². The van der Waals surface area contributed by atoms with Crippen LogP contribution < -0.4 is 0 Å². The van der Waals surface area contributed by atoms with Gasteiger partial charge in [0.25, 0.3) is 0 Å². The Morgan fingerprint density at radius 3 is 2.61 bits per heavy atom. The molecule has 1 saturated heterocycles. The second kappa shape index (κ2) is 5.53. The molecule has 3 heteroatoms. The van der Waals surface area contributed by atoms with Gasteiger partial charge in [-0.2, -0.15) is 0 Å². The highest BCUT2D eigenvalue weighted by molar-refractivity contribution is 5.75. The van der Waals surface area contributed by atoms with Crippen molar-refractivity contribution in [2.24, 2.45) is 0 Å². The quantitative estimate of drug-likeness (QED) is 0.893. The molecule has 3 atom stereocenters. The van der Waals surface area contributed by atoms with E-state index in [1.807, 2.05) is 24.3 Å². The van der Waals surface area contributed by atoms with Gasteiger partial charge < -0.3 is 9.84 Å². The van der Waals surface area contributed by atoms with Gasteiger partial charge in [-0.25, -0.2) is 0 Å². The molecule has 0 bridgehead atoms. The maximum Gasteiger partial charge on any atom is 0.310 e. The molecule has 0 aliphatic carbocycles. The summed E-state index contributed by atoms with van der Waals surface area (Å²) in [5.41, 5.74) is 2.11. The maximum atomic E-state index is 10.9. The van der Waals surface area contributed by atoms with E-state index in [-0.39, 0.29) is 6.10 Å². The highest BCUT2D eigenvalue weighted by Crippen LogP contribution is 2.31. The molecule has 2 rings (SSSR count). The van der Waals surface area contributed by atoms with Crippen LogP contribution in [0.5, 0.6) is 0 Å². The molecular formula is C15H20O3. The first-order valence-corrected chi connectivity index (χ1v) is 6.54. The molecular weight excluding hydrogens is 228 g/mol. The van der Waals surface area contributed by atoms with Crippen molar-refractivity contribution in [2.75, 3.05) is 6.61 Å². The summed E-state index contributed by atoms with van der Waals surface area (Å²) < 4.78 is 5.67. The Kier molecular flexibility index (Phi) is 4.02. The second-order valence-electron chi connectivity index (χ2n) is 5.05. The van der Waals surface area contributed by atoms with E-state index in [2.05, 4.69) is 6.92 Å². The van der Waals surface area contributed by atoms with Gasteiger partial charge in [-0.3, -0.25) is 4.79 Å². The number of rotatable bonds is 3. The first kappa shape index (κ1) is 13.1. The minimum absolute atomic E-state index is 0.251. The molecule has 98 valence electrons. The third kappa shape index (κ3) is 2.72. The largest absolute Gasteiger partial charge is 0.481 e. The van der Waals surface area contributed by atoms with Crippen LogP contribution in [-0.4, -0.2) is 23.8 Å². The minimum atomic E-state index is -0.780. The van der Waals surface area contributed by atoms with E-state index >= 15 is 0 Å². The van der Waals surface area contributed by atoms with Crippen molar-refractivity contribution in [3.63, 3.8) is 0 Å². The summed E-state index contributed by atoms with van der Waals surface area (Å²) in [5.74, 6) is -0.788. The van der Waals surface area contributed by atoms with Crippen LogP contribution in [0.2, 0.25) is 0 Å². The van der Waals surface area contributed by atoms with E-state index < -0.39 is 11.9 Å². The zero-order valence-electron chi connectivity index (χ0n) is 10.9. The van der Waals surface area contributed by atoms with Crippen LogP contribution >= 0.6 is 0 Å². The van der Waals surface area contributed by atoms with Gasteiger partial charge in [-0.05, 0) is 37.8 Å². The Bertz CT molecular complexity index is 410. The number of hydrogen-bond acceptors (Lipinski definition) is 2. The summed E-state index contributed by atoms with van der Waals surface area (Å²) >= 11 is 0. The SMILES string of the molecule is CC(C(=O)O)c1ccc(C2CCCOC2C)cc1. The lowest BCUT2D eigenvalue weighted by Crippen LogP contribution is -2.24. The molecule has 0 aromatic heterocycles. The summed E-state index contributed by atoms with van der Waals surface area (Å²) in [6.45, 7) is 4.67. The van der Waals surface area contributed by atoms with Crippen LogP contribution in [0, 0.1) is 0 Å². The fraction of sp³-hybridized carbons (Fsp3) is 0.533. The number of benzene rings is 1. The van der Waals surface area contributed by atoms with Crippen molar-refractivity contribution >= 4 is 5.97 Å². The van der Waals surface area contributed by atoms with Crippen LogP contribution in [-0.2, 0) is 9.53 Å². The first-order chi connectivity index (χ1) is 8.59. The summed E-state index contributed by atoms with van der Waals surface area (Å²) in [4.78, 5) is 10.9. The van der Waals surface area contributed by atoms with E-state index in [0.717, 1.165) is 25.0 Å². The molecule has 1 aliphatic heterocycles. The number of ether oxygens (including phenoxy) is 1. The van der Waals surface area contributed by atoms with Gasteiger partial charge in [0.2, 0.25) is 0 Å². The van der Waals surface area contributed by atoms with Gasteiger partial charge >= 0.3 is 5.97 Å². The van der Waals surface area contributed by atoms with E-state index in [9.17, 15) is 4.79 Å². The Balaban J connectivity index is 2.14. The number of aliphatic carboxylic acids is 1. The predicted octanol–water partition coefficient (Wildman–Crippen LogP) is 3.16. The molecule has 1 N–H and O–H groups in total. The average Bonchev–Trinajstić information content (AvgIpc) is 2.38. The molecule has 3 nitrogen and oxygen atoms in total. The smallest absolute Gasteiger partial charge is 0.310 e. The van der Waals surface area contributed by atoms with Gasteiger partial charge in [0, 0.05) is 12.5 Å². The van der Waals surface area contributed by atoms with Crippen LogP contribution in [0.15, 0.2) is 24.3 Å². The molecule has 18 heavy (non-hydrogen) atoms. The van der Waals surface area contributed by atoms with Crippen LogP contribution in [0.4, 0.5) is 0 Å². The standard InChI is InChI=1S/C15H20O3/c1-10(15(16)17)12-5-7-13(8-6-12)14-4-3-9-18-11(14)2/h5-8,10-11,14H,3-4,9H2,1-2H3,(H,16,17). The number of hydrogen-bond donors (Lipinski definition) is 1. The average molecular weight is 248 g/mol. The van der Waals surface area contributed by atoms with Crippen molar-refractivity contribution in [3.05, 3.63) is 35.4 Å². The van der Waals surface area contributed by atoms with E-state index in [0.29, 0.717) is 5.92 Å². The molecule has 1 aromatic carbocycles. The second-order valence-corrected chi connectivity index (χ2v) is 5.05. The summed E-state index contributed by atoms with van der Waals surface area (Å²) in [6, 6.07) is 7.94. The highest BCUT2D eigenvalue weighted by atomic mass is 16.5. The van der Waals surface area contributed by atoms with Crippen molar-refractivity contribution in [3.8, 4) is 0 Å². The number of carboxylic acid groups (broad SMARTS) is 1. The lowest BCUT2D eigenvalue weighted by Gasteiger charge is -2.29. The molecule has 1 heterocycles. The molecule has 1 aromatic rings. The van der Waals surface area contributed by atoms with Crippen molar-refractivity contribution in [1.82, 2.24) is 0 Å². The fourth-order valence-corrected chi connectivity index (χ4v) is 2.54. The Morgan fingerprint density at radius 1 is 1.39 bits per heavy atom. The zero-order valence-corrected chi connectivity index (χ0v) is 10.9. The summed E-state index contributed by atoms with van der Waals surface area (Å²) in [7, 11) is 0.